The summed E-state index contributed by atoms with van der Waals surface area (Å²) in [6, 6.07) is 0. The Hall–Kier alpha value is -1.93. The Bertz CT molecular complexity index is 651. The number of hydrogen-bond donors (Lipinski definition) is 1. The molecule has 0 saturated heterocycles. The van der Waals surface area contributed by atoms with Crippen molar-refractivity contribution >= 4 is 18.2 Å². The van der Waals surface area contributed by atoms with Crippen molar-refractivity contribution in [3.05, 3.63) is 11.8 Å². The smallest absolute Gasteiger partial charge is 0.367 e. The predicted octanol–water partition coefficient (Wildman–Crippen LogP) is 4.85. The summed E-state index contributed by atoms with van der Waals surface area (Å²) in [5.41, 5.74) is -1.47. The lowest BCUT2D eigenvalue weighted by molar-refractivity contribution is -0.208. The lowest BCUT2D eigenvalue weighted by Gasteiger charge is -2.39. The molecule has 8 nitrogen and oxygen atoms in total. The van der Waals surface area contributed by atoms with Crippen molar-refractivity contribution in [3.8, 4) is 0 Å². The van der Waals surface area contributed by atoms with Crippen LogP contribution >= 0.6 is 0 Å². The molecule has 3 atom stereocenters. The number of hydrogen-bond acceptors (Lipinski definition) is 7. The lowest BCUT2D eigenvalue weighted by atomic mass is 9.96. The molecule has 0 fully saturated rings. The highest BCUT2D eigenvalue weighted by Gasteiger charge is 2.58. The van der Waals surface area contributed by atoms with Crippen molar-refractivity contribution in [1.29, 1.82) is 0 Å². The topological polar surface area (TPSA) is 102 Å². The second-order valence-electron chi connectivity index (χ2n) is 9.03. The monoisotopic (exact) mass is 483 g/mol. The zero-order valence-electron chi connectivity index (χ0n) is 21.6. The van der Waals surface area contributed by atoms with Crippen LogP contribution in [0.25, 0.3) is 0 Å². The van der Waals surface area contributed by atoms with Crippen LogP contribution in [0.2, 0.25) is 0 Å². The lowest BCUT2D eigenvalue weighted by Crippen LogP contribution is -2.62. The first-order valence-corrected chi connectivity index (χ1v) is 12.9. The molecule has 0 aromatic heterocycles. The number of carboxylic acid groups (broad SMARTS) is 1. The maximum absolute atomic E-state index is 12.5. The fourth-order valence-corrected chi connectivity index (χ4v) is 4.34. The summed E-state index contributed by atoms with van der Waals surface area (Å²) < 4.78 is 17.1. The van der Waals surface area contributed by atoms with Crippen molar-refractivity contribution in [3.63, 3.8) is 0 Å². The van der Waals surface area contributed by atoms with Crippen LogP contribution in [0, 0.1) is 0 Å². The molecule has 196 valence electrons. The number of aliphatic carboxylic acids is 1. The Labute approximate surface area is 205 Å². The predicted molar refractivity (Wildman–Crippen MR) is 130 cm³/mol. The SMILES string of the molecule is CCCCCCCCCC(CCCC)OC1C(CC=O)=COC1(C(=O)O)N(C)CC(=O)OCC. The van der Waals surface area contributed by atoms with Crippen LogP contribution in [-0.2, 0) is 28.6 Å². The van der Waals surface area contributed by atoms with E-state index in [1.165, 1.54) is 50.3 Å². The van der Waals surface area contributed by atoms with Crippen molar-refractivity contribution < 1.29 is 33.7 Å². The van der Waals surface area contributed by atoms with Gasteiger partial charge >= 0.3 is 11.9 Å². The Morgan fingerprint density at radius 2 is 1.71 bits per heavy atom. The third kappa shape index (κ3) is 9.02. The number of carboxylic acids is 1. The maximum Gasteiger partial charge on any atom is 0.367 e. The van der Waals surface area contributed by atoms with Gasteiger partial charge in [0.05, 0.1) is 19.0 Å². The van der Waals surface area contributed by atoms with Crippen molar-refractivity contribution in [1.82, 2.24) is 4.90 Å². The highest BCUT2D eigenvalue weighted by Crippen LogP contribution is 2.38. The van der Waals surface area contributed by atoms with Gasteiger partial charge in [0, 0.05) is 12.0 Å². The van der Waals surface area contributed by atoms with Gasteiger partial charge in [-0.25, -0.2) is 9.69 Å². The summed E-state index contributed by atoms with van der Waals surface area (Å²) in [5, 5.41) is 10.2. The molecular weight excluding hydrogens is 438 g/mol. The van der Waals surface area contributed by atoms with Gasteiger partial charge in [0.15, 0.2) is 0 Å². The van der Waals surface area contributed by atoms with E-state index in [1.807, 2.05) is 0 Å². The van der Waals surface area contributed by atoms with Gasteiger partial charge in [-0.3, -0.25) is 4.79 Å². The van der Waals surface area contributed by atoms with E-state index in [4.69, 9.17) is 14.2 Å². The van der Waals surface area contributed by atoms with Gasteiger partial charge in [-0.1, -0.05) is 71.6 Å². The van der Waals surface area contributed by atoms with Gasteiger partial charge < -0.3 is 24.1 Å². The van der Waals surface area contributed by atoms with Gasteiger partial charge in [-0.15, -0.1) is 0 Å². The number of nitrogens with zero attached hydrogens (tertiary/aromatic N) is 1. The van der Waals surface area contributed by atoms with Crippen LogP contribution in [0.1, 0.15) is 97.8 Å². The largest absolute Gasteiger partial charge is 0.477 e. The van der Waals surface area contributed by atoms with Crippen molar-refractivity contribution in [2.75, 3.05) is 20.2 Å². The number of rotatable bonds is 20. The molecule has 1 rings (SSSR count). The summed E-state index contributed by atoms with van der Waals surface area (Å²) in [4.78, 5) is 37.2. The molecule has 1 N–H and O–H groups in total. The van der Waals surface area contributed by atoms with E-state index >= 15 is 0 Å². The zero-order valence-corrected chi connectivity index (χ0v) is 21.6. The minimum absolute atomic E-state index is 0.00483. The Morgan fingerprint density at radius 3 is 2.29 bits per heavy atom. The van der Waals surface area contributed by atoms with Crippen LogP contribution in [-0.4, -0.2) is 66.4 Å². The van der Waals surface area contributed by atoms with Crippen molar-refractivity contribution in [2.24, 2.45) is 0 Å². The molecule has 0 aliphatic carbocycles. The first kappa shape index (κ1) is 30.1. The number of ether oxygens (including phenoxy) is 3. The van der Waals surface area contributed by atoms with E-state index in [0.29, 0.717) is 11.9 Å². The minimum Gasteiger partial charge on any atom is -0.477 e. The fourth-order valence-electron chi connectivity index (χ4n) is 4.34. The molecule has 1 aliphatic heterocycles. The molecule has 1 aliphatic rings. The van der Waals surface area contributed by atoms with Crippen LogP contribution in [0.5, 0.6) is 0 Å². The normalized spacial score (nSPS) is 20.6. The third-order valence-electron chi connectivity index (χ3n) is 6.28. The van der Waals surface area contributed by atoms with Crippen LogP contribution < -0.4 is 0 Å². The van der Waals surface area contributed by atoms with Gasteiger partial charge in [0.25, 0.3) is 5.72 Å². The second-order valence-corrected chi connectivity index (χ2v) is 9.03. The Kier molecular flexibility index (Phi) is 14.7. The van der Waals surface area contributed by atoms with Gasteiger partial charge in [-0.05, 0) is 26.8 Å². The summed E-state index contributed by atoms with van der Waals surface area (Å²) in [5.74, 6) is -1.82. The maximum atomic E-state index is 12.5. The quantitative estimate of drug-likeness (QED) is 0.149. The molecule has 0 radical (unpaired) electrons. The van der Waals surface area contributed by atoms with E-state index in [1.54, 1.807) is 6.92 Å². The molecule has 8 heteroatoms. The number of aldehydes is 1. The van der Waals surface area contributed by atoms with Crippen molar-refractivity contribution in [2.45, 2.75) is 116 Å². The minimum atomic E-state index is -1.93. The molecule has 0 aromatic carbocycles. The van der Waals surface area contributed by atoms with Crippen LogP contribution in [0.4, 0.5) is 0 Å². The molecule has 0 amide bonds. The molecule has 0 aromatic rings. The van der Waals surface area contributed by atoms with Crippen LogP contribution in [0.15, 0.2) is 11.8 Å². The molecular formula is C26H45NO7. The molecule has 34 heavy (non-hydrogen) atoms. The number of carbonyl (C=O) groups is 3. The summed E-state index contributed by atoms with van der Waals surface area (Å²) in [7, 11) is 1.50. The third-order valence-corrected chi connectivity index (χ3v) is 6.28. The number of esters is 1. The number of unbranched alkanes of at least 4 members (excludes halogenated alkanes) is 7. The highest BCUT2D eigenvalue weighted by molar-refractivity contribution is 5.81. The molecule has 0 spiro atoms. The first-order valence-electron chi connectivity index (χ1n) is 12.9. The van der Waals surface area contributed by atoms with Gasteiger partial charge in [-0.2, -0.15) is 0 Å². The second kappa shape index (κ2) is 16.7. The van der Waals surface area contributed by atoms with E-state index < -0.39 is 23.8 Å². The zero-order chi connectivity index (χ0) is 25.4. The molecule has 3 unspecified atom stereocenters. The Morgan fingerprint density at radius 1 is 1.09 bits per heavy atom. The van der Waals surface area contributed by atoms with E-state index in [-0.39, 0.29) is 25.7 Å². The van der Waals surface area contributed by atoms with Gasteiger partial charge in [0.2, 0.25) is 0 Å². The van der Waals surface area contributed by atoms with Crippen LogP contribution in [0.3, 0.4) is 0 Å². The van der Waals surface area contributed by atoms with E-state index in [9.17, 15) is 19.5 Å². The average molecular weight is 484 g/mol. The average Bonchev–Trinajstić information content (AvgIpc) is 3.16. The van der Waals surface area contributed by atoms with E-state index in [2.05, 4.69) is 13.8 Å². The first-order chi connectivity index (χ1) is 16.4. The standard InChI is InChI=1S/C26H45NO7/c1-5-8-10-11-12-13-14-16-22(15-9-6-2)34-24-21(17-18-28)20-33-26(24,25(30)31)27(4)19-23(29)32-7-3/h18,20,22,24H,5-17,19H2,1-4H3,(H,30,31). The van der Waals surface area contributed by atoms with Gasteiger partial charge in [0.1, 0.15) is 18.9 Å². The summed E-state index contributed by atoms with van der Waals surface area (Å²) in [6.07, 6.45) is 12.7. The fraction of sp³-hybridized carbons (Fsp3) is 0.808. The number of carbonyl (C=O) groups excluding carboxylic acids is 2. The number of likely N-dealkylation sites (N-methyl/N-ethyl adjacent to an activating group) is 1. The molecule has 0 saturated carbocycles. The highest BCUT2D eigenvalue weighted by atomic mass is 16.6. The summed E-state index contributed by atoms with van der Waals surface area (Å²) in [6.45, 7) is 5.92. The Balaban J connectivity index is 2.99. The summed E-state index contributed by atoms with van der Waals surface area (Å²) >= 11 is 0. The molecule has 1 heterocycles. The van der Waals surface area contributed by atoms with E-state index in [0.717, 1.165) is 38.5 Å². The molecule has 0 bridgehead atoms.